The third-order valence-electron chi connectivity index (χ3n) is 2.44. The maximum absolute atomic E-state index is 11.9. The molecule has 17 heavy (non-hydrogen) atoms. The van der Waals surface area contributed by atoms with Crippen LogP contribution in [-0.4, -0.2) is 13.0 Å². The first kappa shape index (κ1) is 11.6. The molecule has 1 aromatic carbocycles. The second-order valence-corrected chi connectivity index (χ2v) is 4.40. The molecule has 0 radical (unpaired) electrons. The maximum Gasteiger partial charge on any atom is 0.250 e. The molecule has 2 rings (SSSR count). The molecule has 86 valence electrons. The number of rotatable bonds is 3. The van der Waals surface area contributed by atoms with Crippen molar-refractivity contribution in [3.05, 3.63) is 58.8 Å². The fourth-order valence-corrected chi connectivity index (χ4v) is 2.06. The lowest BCUT2D eigenvalue weighted by atomic mass is 10.2. The molecular formula is C14H13NOS. The van der Waals surface area contributed by atoms with Crippen molar-refractivity contribution < 1.29 is 4.79 Å². The number of amides is 1. The summed E-state index contributed by atoms with van der Waals surface area (Å²) in [6, 6.07) is 11.6. The van der Waals surface area contributed by atoms with Gasteiger partial charge in [0.05, 0.1) is 0 Å². The summed E-state index contributed by atoms with van der Waals surface area (Å²) in [4.78, 5) is 13.5. The van der Waals surface area contributed by atoms with Crippen molar-refractivity contribution in [3.63, 3.8) is 0 Å². The minimum Gasteiger partial charge on any atom is -0.312 e. The zero-order valence-electron chi connectivity index (χ0n) is 9.54. The van der Waals surface area contributed by atoms with Gasteiger partial charge in [0.15, 0.2) is 0 Å². The fourth-order valence-electron chi connectivity index (χ4n) is 1.43. The first-order chi connectivity index (χ1) is 8.27. The number of carbonyl (C=O) groups excluding carboxylic acids is 1. The van der Waals surface area contributed by atoms with Gasteiger partial charge < -0.3 is 4.90 Å². The number of hydrogen-bond acceptors (Lipinski definition) is 2. The highest BCUT2D eigenvalue weighted by Crippen LogP contribution is 2.12. The molecule has 2 nitrogen and oxygen atoms in total. The fraction of sp³-hybridized carbons (Fsp3) is 0.0714. The van der Waals surface area contributed by atoms with Crippen LogP contribution in [0, 0.1) is 0 Å². The highest BCUT2D eigenvalue weighted by molar-refractivity contribution is 7.08. The molecule has 0 N–H and O–H groups in total. The molecule has 0 aliphatic rings. The summed E-state index contributed by atoms with van der Waals surface area (Å²) in [6.45, 7) is 0. The number of anilines is 1. The van der Waals surface area contributed by atoms with Crippen LogP contribution >= 0.6 is 11.3 Å². The molecule has 0 saturated heterocycles. The first-order valence-electron chi connectivity index (χ1n) is 5.30. The number of nitrogens with zero attached hydrogens (tertiary/aromatic N) is 1. The number of carbonyl (C=O) groups is 1. The van der Waals surface area contributed by atoms with Crippen molar-refractivity contribution in [2.75, 3.05) is 11.9 Å². The van der Waals surface area contributed by atoms with Gasteiger partial charge in [-0.05, 0) is 40.6 Å². The molecule has 0 aliphatic carbocycles. The SMILES string of the molecule is CN(C(=O)/C=C/c1ccsc1)c1ccccc1. The van der Waals surface area contributed by atoms with Crippen molar-refractivity contribution in [2.24, 2.45) is 0 Å². The van der Waals surface area contributed by atoms with Crippen molar-refractivity contribution in [2.45, 2.75) is 0 Å². The topological polar surface area (TPSA) is 20.3 Å². The lowest BCUT2D eigenvalue weighted by molar-refractivity contribution is -0.113. The number of likely N-dealkylation sites (N-methyl/N-ethyl adjacent to an activating group) is 1. The lowest BCUT2D eigenvalue weighted by Gasteiger charge is -2.14. The van der Waals surface area contributed by atoms with Crippen LogP contribution in [0.4, 0.5) is 5.69 Å². The van der Waals surface area contributed by atoms with Crippen molar-refractivity contribution in [1.29, 1.82) is 0 Å². The Bertz CT molecular complexity index is 502. The van der Waals surface area contributed by atoms with Crippen LogP contribution in [0.1, 0.15) is 5.56 Å². The Balaban J connectivity index is 2.06. The van der Waals surface area contributed by atoms with E-state index in [0.717, 1.165) is 11.3 Å². The van der Waals surface area contributed by atoms with Crippen molar-refractivity contribution >= 4 is 29.0 Å². The van der Waals surface area contributed by atoms with Crippen LogP contribution < -0.4 is 4.90 Å². The van der Waals surface area contributed by atoms with Crippen LogP contribution in [0.5, 0.6) is 0 Å². The van der Waals surface area contributed by atoms with E-state index in [-0.39, 0.29) is 5.91 Å². The molecule has 1 aromatic heterocycles. The predicted octanol–water partition coefficient (Wildman–Crippen LogP) is 3.42. The highest BCUT2D eigenvalue weighted by Gasteiger charge is 2.06. The van der Waals surface area contributed by atoms with Crippen LogP contribution in [0.3, 0.4) is 0 Å². The number of hydrogen-bond donors (Lipinski definition) is 0. The van der Waals surface area contributed by atoms with E-state index >= 15 is 0 Å². The molecule has 1 heterocycles. The molecule has 0 unspecified atom stereocenters. The summed E-state index contributed by atoms with van der Waals surface area (Å²) in [6.07, 6.45) is 3.42. The van der Waals surface area contributed by atoms with Crippen molar-refractivity contribution in [3.8, 4) is 0 Å². The van der Waals surface area contributed by atoms with Gasteiger partial charge in [-0.2, -0.15) is 11.3 Å². The Kier molecular flexibility index (Phi) is 3.73. The monoisotopic (exact) mass is 243 g/mol. The zero-order chi connectivity index (χ0) is 12.1. The summed E-state index contributed by atoms with van der Waals surface area (Å²) in [7, 11) is 1.77. The van der Waals surface area contributed by atoms with E-state index < -0.39 is 0 Å². The minimum absolute atomic E-state index is 0.0256. The smallest absolute Gasteiger partial charge is 0.250 e. The molecule has 0 aliphatic heterocycles. The Morgan fingerprint density at radius 2 is 2.00 bits per heavy atom. The normalized spacial score (nSPS) is 10.6. The molecule has 2 aromatic rings. The van der Waals surface area contributed by atoms with E-state index in [1.54, 1.807) is 29.4 Å². The largest absolute Gasteiger partial charge is 0.312 e. The van der Waals surface area contributed by atoms with Crippen LogP contribution in [0.25, 0.3) is 6.08 Å². The summed E-state index contributed by atoms with van der Waals surface area (Å²) < 4.78 is 0. The number of benzene rings is 1. The van der Waals surface area contributed by atoms with Crippen molar-refractivity contribution in [1.82, 2.24) is 0 Å². The van der Waals surface area contributed by atoms with E-state index in [4.69, 9.17) is 0 Å². The van der Waals surface area contributed by atoms with Gasteiger partial charge in [-0.1, -0.05) is 18.2 Å². The molecule has 0 bridgehead atoms. The van der Waals surface area contributed by atoms with E-state index in [2.05, 4.69) is 0 Å². The van der Waals surface area contributed by atoms with Crippen LogP contribution in [0.2, 0.25) is 0 Å². The first-order valence-corrected chi connectivity index (χ1v) is 6.24. The zero-order valence-corrected chi connectivity index (χ0v) is 10.4. The average molecular weight is 243 g/mol. The second-order valence-electron chi connectivity index (χ2n) is 3.62. The van der Waals surface area contributed by atoms with E-state index in [9.17, 15) is 4.79 Å². The average Bonchev–Trinajstić information content (AvgIpc) is 2.89. The molecule has 0 saturated carbocycles. The van der Waals surface area contributed by atoms with E-state index in [1.807, 2.05) is 53.2 Å². The van der Waals surface area contributed by atoms with Gasteiger partial charge in [0.1, 0.15) is 0 Å². The molecule has 0 fully saturated rings. The Hall–Kier alpha value is -1.87. The van der Waals surface area contributed by atoms with Gasteiger partial charge >= 0.3 is 0 Å². The molecular weight excluding hydrogens is 230 g/mol. The summed E-state index contributed by atoms with van der Waals surface area (Å²) in [5, 5.41) is 4.00. The second kappa shape index (κ2) is 5.46. The van der Waals surface area contributed by atoms with E-state index in [0.29, 0.717) is 0 Å². The van der Waals surface area contributed by atoms with Gasteiger partial charge in [-0.3, -0.25) is 4.79 Å². The Labute approximate surface area is 105 Å². The minimum atomic E-state index is -0.0256. The van der Waals surface area contributed by atoms with Gasteiger partial charge in [0.25, 0.3) is 5.91 Å². The van der Waals surface area contributed by atoms with Gasteiger partial charge in [0.2, 0.25) is 0 Å². The molecule has 1 amide bonds. The lowest BCUT2D eigenvalue weighted by Crippen LogP contribution is -2.23. The molecule has 3 heteroatoms. The summed E-state index contributed by atoms with van der Waals surface area (Å²) >= 11 is 1.62. The Morgan fingerprint density at radius 1 is 1.24 bits per heavy atom. The van der Waals surface area contributed by atoms with Crippen LogP contribution in [-0.2, 0) is 4.79 Å². The summed E-state index contributed by atoms with van der Waals surface area (Å²) in [5.41, 5.74) is 1.96. The number of thiophene rings is 1. The number of para-hydroxylation sites is 1. The maximum atomic E-state index is 11.9. The van der Waals surface area contributed by atoms with Gasteiger partial charge in [-0.25, -0.2) is 0 Å². The molecule has 0 atom stereocenters. The quantitative estimate of drug-likeness (QED) is 0.756. The molecule has 0 spiro atoms. The standard InChI is InChI=1S/C14H13NOS/c1-15(13-5-3-2-4-6-13)14(16)8-7-12-9-10-17-11-12/h2-11H,1H3/b8-7+. The van der Waals surface area contributed by atoms with Gasteiger partial charge in [-0.15, -0.1) is 0 Å². The van der Waals surface area contributed by atoms with E-state index in [1.165, 1.54) is 0 Å². The van der Waals surface area contributed by atoms with Crippen LogP contribution in [0.15, 0.2) is 53.2 Å². The predicted molar refractivity (Wildman–Crippen MR) is 73.2 cm³/mol. The Morgan fingerprint density at radius 3 is 2.65 bits per heavy atom. The highest BCUT2D eigenvalue weighted by atomic mass is 32.1. The third-order valence-corrected chi connectivity index (χ3v) is 3.14. The third kappa shape index (κ3) is 3.04. The van der Waals surface area contributed by atoms with Gasteiger partial charge in [0, 0.05) is 18.8 Å². The summed E-state index contributed by atoms with van der Waals surface area (Å²) in [5.74, 6) is -0.0256.